The van der Waals surface area contributed by atoms with Gasteiger partial charge in [-0.2, -0.15) is 0 Å². The van der Waals surface area contributed by atoms with Gasteiger partial charge in [-0.25, -0.2) is 0 Å². The van der Waals surface area contributed by atoms with E-state index in [1.165, 1.54) is 0 Å². The smallest absolute Gasteiger partial charge is 0.244 e. The Bertz CT molecular complexity index is 476. The first-order valence-electron chi connectivity index (χ1n) is 8.59. The van der Waals surface area contributed by atoms with Gasteiger partial charge in [-0.15, -0.1) is 0 Å². The van der Waals surface area contributed by atoms with E-state index in [1.54, 1.807) is 0 Å². The van der Waals surface area contributed by atoms with E-state index in [2.05, 4.69) is 18.7 Å². The molecule has 0 aromatic heterocycles. The molecule has 5 heteroatoms. The maximum absolute atomic E-state index is 12.5. The minimum absolute atomic E-state index is 0.00829. The van der Waals surface area contributed by atoms with Gasteiger partial charge in [0.25, 0.3) is 0 Å². The van der Waals surface area contributed by atoms with Crippen LogP contribution >= 0.6 is 0 Å². The van der Waals surface area contributed by atoms with Crippen molar-refractivity contribution < 1.29 is 9.53 Å². The Morgan fingerprint density at radius 2 is 2.04 bits per heavy atom. The summed E-state index contributed by atoms with van der Waals surface area (Å²) in [5, 5.41) is 0. The van der Waals surface area contributed by atoms with E-state index >= 15 is 0 Å². The number of carbonyl (C=O) groups excluding carboxylic acids is 1. The van der Waals surface area contributed by atoms with Crippen molar-refractivity contribution in [1.82, 2.24) is 9.80 Å². The SMILES string of the molecule is CCN(CC)CCOC1CCN(C(=O)C(N)c2ccccc2)C1. The molecule has 1 saturated heterocycles. The van der Waals surface area contributed by atoms with E-state index in [1.807, 2.05) is 35.2 Å². The van der Waals surface area contributed by atoms with Crippen LogP contribution in [0.15, 0.2) is 30.3 Å². The van der Waals surface area contributed by atoms with Gasteiger partial charge in [-0.05, 0) is 25.1 Å². The number of nitrogens with two attached hydrogens (primary N) is 1. The highest BCUT2D eigenvalue weighted by molar-refractivity contribution is 5.83. The van der Waals surface area contributed by atoms with Crippen LogP contribution in [0.4, 0.5) is 0 Å². The number of likely N-dealkylation sites (N-methyl/N-ethyl adjacent to an activating group) is 1. The normalized spacial score (nSPS) is 19.3. The maximum atomic E-state index is 12.5. The molecule has 1 aliphatic heterocycles. The van der Waals surface area contributed by atoms with Crippen LogP contribution in [0.3, 0.4) is 0 Å². The van der Waals surface area contributed by atoms with Crippen molar-refractivity contribution in [3.05, 3.63) is 35.9 Å². The molecule has 2 unspecified atom stereocenters. The molecule has 1 aliphatic rings. The van der Waals surface area contributed by atoms with Crippen LogP contribution in [0.1, 0.15) is 31.9 Å². The monoisotopic (exact) mass is 319 g/mol. The molecular weight excluding hydrogens is 290 g/mol. The van der Waals surface area contributed by atoms with Crippen LogP contribution in [0.25, 0.3) is 0 Å². The Labute approximate surface area is 139 Å². The quantitative estimate of drug-likeness (QED) is 0.791. The van der Waals surface area contributed by atoms with Gasteiger partial charge in [0.1, 0.15) is 6.04 Å². The molecule has 2 atom stereocenters. The predicted octanol–water partition coefficient (Wildman–Crippen LogP) is 1.65. The second kappa shape index (κ2) is 9.01. The Hall–Kier alpha value is -1.43. The van der Waals surface area contributed by atoms with Gasteiger partial charge in [0.05, 0.1) is 12.7 Å². The van der Waals surface area contributed by atoms with Gasteiger partial charge >= 0.3 is 0 Å². The third-order valence-corrected chi connectivity index (χ3v) is 4.54. The molecule has 0 bridgehead atoms. The number of likely N-dealkylation sites (tertiary alicyclic amines) is 1. The second-order valence-electron chi connectivity index (χ2n) is 5.98. The summed E-state index contributed by atoms with van der Waals surface area (Å²) < 4.78 is 5.93. The minimum Gasteiger partial charge on any atom is -0.375 e. The molecule has 1 aromatic carbocycles. The summed E-state index contributed by atoms with van der Waals surface area (Å²) in [6.07, 6.45) is 1.03. The Morgan fingerprint density at radius 1 is 1.35 bits per heavy atom. The molecule has 5 nitrogen and oxygen atoms in total. The summed E-state index contributed by atoms with van der Waals surface area (Å²) in [5.41, 5.74) is 6.97. The van der Waals surface area contributed by atoms with E-state index in [4.69, 9.17) is 10.5 Å². The zero-order valence-corrected chi connectivity index (χ0v) is 14.3. The molecule has 128 valence electrons. The Morgan fingerprint density at radius 3 is 2.70 bits per heavy atom. The van der Waals surface area contributed by atoms with Crippen LogP contribution in [-0.4, -0.2) is 61.1 Å². The average Bonchev–Trinajstić information content (AvgIpc) is 3.07. The number of benzene rings is 1. The van der Waals surface area contributed by atoms with Gasteiger partial charge in [-0.3, -0.25) is 4.79 Å². The molecule has 0 aliphatic carbocycles. The third kappa shape index (κ3) is 5.03. The molecule has 0 spiro atoms. The lowest BCUT2D eigenvalue weighted by molar-refractivity contribution is -0.132. The molecule has 1 fully saturated rings. The number of rotatable bonds is 8. The molecular formula is C18H29N3O2. The van der Waals surface area contributed by atoms with Crippen molar-refractivity contribution in [3.8, 4) is 0 Å². The van der Waals surface area contributed by atoms with Crippen molar-refractivity contribution in [2.24, 2.45) is 5.73 Å². The highest BCUT2D eigenvalue weighted by Gasteiger charge is 2.30. The standard InChI is InChI=1S/C18H29N3O2/c1-3-20(4-2)12-13-23-16-10-11-21(14-16)18(22)17(19)15-8-6-5-7-9-15/h5-9,16-17H,3-4,10-14,19H2,1-2H3. The fourth-order valence-corrected chi connectivity index (χ4v) is 2.95. The number of hydrogen-bond donors (Lipinski definition) is 1. The molecule has 1 heterocycles. The van der Waals surface area contributed by atoms with Crippen LogP contribution in [0.5, 0.6) is 0 Å². The lowest BCUT2D eigenvalue weighted by atomic mass is 10.1. The first-order chi connectivity index (χ1) is 11.2. The lowest BCUT2D eigenvalue weighted by Gasteiger charge is -2.22. The lowest BCUT2D eigenvalue weighted by Crippen LogP contribution is -2.38. The first kappa shape index (κ1) is 17.9. The fourth-order valence-electron chi connectivity index (χ4n) is 2.95. The third-order valence-electron chi connectivity index (χ3n) is 4.54. The van der Waals surface area contributed by atoms with Gasteiger partial charge < -0.3 is 20.3 Å². The Kier molecular flexibility index (Phi) is 7.02. The van der Waals surface area contributed by atoms with E-state index in [0.29, 0.717) is 6.54 Å². The summed E-state index contributed by atoms with van der Waals surface area (Å²) in [4.78, 5) is 16.7. The Balaban J connectivity index is 1.77. The molecule has 1 aromatic rings. The van der Waals surface area contributed by atoms with Crippen molar-refractivity contribution >= 4 is 5.91 Å². The largest absolute Gasteiger partial charge is 0.375 e. The molecule has 0 radical (unpaired) electrons. The first-order valence-corrected chi connectivity index (χ1v) is 8.59. The molecule has 23 heavy (non-hydrogen) atoms. The summed E-state index contributed by atoms with van der Waals surface area (Å²) >= 11 is 0. The van der Waals surface area contributed by atoms with Gasteiger partial charge in [0, 0.05) is 19.6 Å². The number of nitrogens with zero attached hydrogens (tertiary/aromatic N) is 2. The average molecular weight is 319 g/mol. The van der Waals surface area contributed by atoms with Gasteiger partial charge in [0.2, 0.25) is 5.91 Å². The molecule has 2 N–H and O–H groups in total. The van der Waals surface area contributed by atoms with Crippen molar-refractivity contribution in [3.63, 3.8) is 0 Å². The van der Waals surface area contributed by atoms with Gasteiger partial charge in [-0.1, -0.05) is 44.2 Å². The number of ether oxygens (including phenoxy) is 1. The van der Waals surface area contributed by atoms with Crippen LogP contribution < -0.4 is 5.73 Å². The molecule has 0 saturated carbocycles. The maximum Gasteiger partial charge on any atom is 0.244 e. The molecule has 2 rings (SSSR count). The van der Waals surface area contributed by atoms with Gasteiger partial charge in [0.15, 0.2) is 0 Å². The van der Waals surface area contributed by atoms with E-state index < -0.39 is 6.04 Å². The highest BCUT2D eigenvalue weighted by Crippen LogP contribution is 2.19. The van der Waals surface area contributed by atoms with E-state index in [-0.39, 0.29) is 12.0 Å². The zero-order chi connectivity index (χ0) is 16.7. The fraction of sp³-hybridized carbons (Fsp3) is 0.611. The topological polar surface area (TPSA) is 58.8 Å². The van der Waals surface area contributed by atoms with E-state index in [0.717, 1.165) is 44.8 Å². The summed E-state index contributed by atoms with van der Waals surface area (Å²) in [7, 11) is 0. The minimum atomic E-state index is -0.578. The van der Waals surface area contributed by atoms with Crippen LogP contribution in [0.2, 0.25) is 0 Å². The molecule has 1 amide bonds. The van der Waals surface area contributed by atoms with Crippen molar-refractivity contribution in [2.45, 2.75) is 32.4 Å². The predicted molar refractivity (Wildman–Crippen MR) is 92.1 cm³/mol. The van der Waals surface area contributed by atoms with Crippen molar-refractivity contribution in [1.29, 1.82) is 0 Å². The van der Waals surface area contributed by atoms with Crippen molar-refractivity contribution in [2.75, 3.05) is 39.3 Å². The summed E-state index contributed by atoms with van der Waals surface area (Å²) in [6, 6.07) is 8.96. The zero-order valence-electron chi connectivity index (χ0n) is 14.3. The highest BCUT2D eigenvalue weighted by atomic mass is 16.5. The number of hydrogen-bond acceptors (Lipinski definition) is 4. The number of amides is 1. The summed E-state index contributed by atoms with van der Waals surface area (Å²) in [5.74, 6) is -0.00829. The second-order valence-corrected chi connectivity index (χ2v) is 5.98. The van der Waals surface area contributed by atoms with E-state index in [9.17, 15) is 4.79 Å². The summed E-state index contributed by atoms with van der Waals surface area (Å²) in [6.45, 7) is 9.45. The number of carbonyl (C=O) groups is 1. The van der Waals surface area contributed by atoms with Crippen LogP contribution in [0, 0.1) is 0 Å². The van der Waals surface area contributed by atoms with Crippen LogP contribution in [-0.2, 0) is 9.53 Å².